The van der Waals surface area contributed by atoms with Gasteiger partial charge in [0.1, 0.15) is 0 Å². The van der Waals surface area contributed by atoms with Gasteiger partial charge in [0.2, 0.25) is 0 Å². The quantitative estimate of drug-likeness (QED) is 0.712. The molecular weight excluding hydrogens is 288 g/mol. The van der Waals surface area contributed by atoms with Crippen molar-refractivity contribution in [3.63, 3.8) is 0 Å². The molecular formula is C15H11ClN4O. The SMILES string of the molecule is Nc1ccc(Cl)cc1C(=O)Nc1ccc2nccnc2c1. The molecule has 0 unspecified atom stereocenters. The number of rotatable bonds is 2. The number of nitrogens with zero attached hydrogens (tertiary/aromatic N) is 2. The minimum Gasteiger partial charge on any atom is -0.398 e. The molecule has 21 heavy (non-hydrogen) atoms. The fourth-order valence-corrected chi connectivity index (χ4v) is 2.14. The van der Waals surface area contributed by atoms with Gasteiger partial charge >= 0.3 is 0 Å². The van der Waals surface area contributed by atoms with E-state index in [4.69, 9.17) is 17.3 Å². The first-order valence-corrected chi connectivity index (χ1v) is 6.58. The number of carbonyl (C=O) groups is 1. The third-order valence-corrected chi connectivity index (χ3v) is 3.22. The van der Waals surface area contributed by atoms with E-state index in [1.54, 1.807) is 42.7 Å². The molecule has 104 valence electrons. The second-order valence-corrected chi connectivity index (χ2v) is 4.88. The summed E-state index contributed by atoms with van der Waals surface area (Å²) in [5.41, 5.74) is 8.58. The van der Waals surface area contributed by atoms with Crippen molar-refractivity contribution < 1.29 is 4.79 Å². The molecule has 1 amide bonds. The van der Waals surface area contributed by atoms with Gasteiger partial charge in [-0.25, -0.2) is 0 Å². The third kappa shape index (κ3) is 2.78. The summed E-state index contributed by atoms with van der Waals surface area (Å²) in [4.78, 5) is 20.6. The van der Waals surface area contributed by atoms with E-state index in [-0.39, 0.29) is 5.91 Å². The van der Waals surface area contributed by atoms with Gasteiger partial charge in [-0.15, -0.1) is 0 Å². The largest absolute Gasteiger partial charge is 0.398 e. The topological polar surface area (TPSA) is 80.9 Å². The van der Waals surface area contributed by atoms with Crippen LogP contribution in [0.5, 0.6) is 0 Å². The molecule has 5 nitrogen and oxygen atoms in total. The Hall–Kier alpha value is -2.66. The van der Waals surface area contributed by atoms with Gasteiger partial charge in [-0.1, -0.05) is 11.6 Å². The summed E-state index contributed by atoms with van der Waals surface area (Å²) >= 11 is 5.89. The van der Waals surface area contributed by atoms with Gasteiger partial charge in [-0.05, 0) is 36.4 Å². The third-order valence-electron chi connectivity index (χ3n) is 2.99. The predicted octanol–water partition coefficient (Wildman–Crippen LogP) is 3.12. The number of nitrogen functional groups attached to an aromatic ring is 1. The van der Waals surface area contributed by atoms with Gasteiger partial charge < -0.3 is 11.1 Å². The van der Waals surface area contributed by atoms with Crippen molar-refractivity contribution >= 4 is 39.9 Å². The average Bonchev–Trinajstić information content (AvgIpc) is 2.49. The number of hydrogen-bond donors (Lipinski definition) is 2. The van der Waals surface area contributed by atoms with Crippen LogP contribution in [0.2, 0.25) is 5.02 Å². The molecule has 0 radical (unpaired) electrons. The minimum absolute atomic E-state index is 0.321. The van der Waals surface area contributed by atoms with Crippen molar-refractivity contribution in [3.05, 3.63) is 59.4 Å². The first kappa shape index (κ1) is 13.3. The lowest BCUT2D eigenvalue weighted by molar-refractivity contribution is 0.102. The first-order valence-electron chi connectivity index (χ1n) is 6.20. The summed E-state index contributed by atoms with van der Waals surface area (Å²) in [6, 6.07) is 10.1. The Kier molecular flexibility index (Phi) is 3.41. The normalized spacial score (nSPS) is 10.5. The predicted molar refractivity (Wildman–Crippen MR) is 83.4 cm³/mol. The number of amides is 1. The van der Waals surface area contributed by atoms with E-state index in [2.05, 4.69) is 15.3 Å². The van der Waals surface area contributed by atoms with Gasteiger partial charge in [-0.2, -0.15) is 0 Å². The standard InChI is InChI=1S/C15H11ClN4O/c16-9-1-3-12(17)11(7-9)15(21)20-10-2-4-13-14(8-10)19-6-5-18-13/h1-8H,17H2,(H,20,21). The smallest absolute Gasteiger partial charge is 0.257 e. The first-order chi connectivity index (χ1) is 10.1. The van der Waals surface area contributed by atoms with E-state index < -0.39 is 0 Å². The van der Waals surface area contributed by atoms with Gasteiger partial charge in [0, 0.05) is 28.8 Å². The number of halogens is 1. The fourth-order valence-electron chi connectivity index (χ4n) is 1.96. The van der Waals surface area contributed by atoms with Crippen LogP contribution < -0.4 is 11.1 Å². The molecule has 0 aliphatic heterocycles. The number of carbonyl (C=O) groups excluding carboxylic acids is 1. The molecule has 6 heteroatoms. The van der Waals surface area contributed by atoms with Crippen LogP contribution in [0.1, 0.15) is 10.4 Å². The van der Waals surface area contributed by atoms with Crippen molar-refractivity contribution in [2.24, 2.45) is 0 Å². The molecule has 0 spiro atoms. The molecule has 0 atom stereocenters. The Balaban J connectivity index is 1.90. The maximum atomic E-state index is 12.2. The molecule has 2 aromatic carbocycles. The second-order valence-electron chi connectivity index (χ2n) is 4.45. The lowest BCUT2D eigenvalue weighted by Crippen LogP contribution is -2.14. The Morgan fingerprint density at radius 3 is 2.62 bits per heavy atom. The second kappa shape index (κ2) is 5.38. The minimum atomic E-state index is -0.321. The van der Waals surface area contributed by atoms with E-state index in [1.165, 1.54) is 6.07 Å². The van der Waals surface area contributed by atoms with Crippen LogP contribution in [0, 0.1) is 0 Å². The molecule has 3 aromatic rings. The summed E-state index contributed by atoms with van der Waals surface area (Å²) in [6.45, 7) is 0. The molecule has 1 heterocycles. The highest BCUT2D eigenvalue weighted by Gasteiger charge is 2.11. The van der Waals surface area contributed by atoms with E-state index in [9.17, 15) is 4.79 Å². The van der Waals surface area contributed by atoms with Crippen molar-refractivity contribution in [2.45, 2.75) is 0 Å². The molecule has 3 N–H and O–H groups in total. The zero-order chi connectivity index (χ0) is 14.8. The zero-order valence-corrected chi connectivity index (χ0v) is 11.6. The van der Waals surface area contributed by atoms with E-state index >= 15 is 0 Å². The monoisotopic (exact) mass is 298 g/mol. The summed E-state index contributed by atoms with van der Waals surface area (Å²) in [5.74, 6) is -0.321. The molecule has 3 rings (SSSR count). The summed E-state index contributed by atoms with van der Waals surface area (Å²) < 4.78 is 0. The van der Waals surface area contributed by atoms with Gasteiger partial charge in [0.25, 0.3) is 5.91 Å². The highest BCUT2D eigenvalue weighted by molar-refractivity contribution is 6.31. The average molecular weight is 299 g/mol. The highest BCUT2D eigenvalue weighted by Crippen LogP contribution is 2.20. The van der Waals surface area contributed by atoms with Crippen LogP contribution in [0.25, 0.3) is 11.0 Å². The lowest BCUT2D eigenvalue weighted by Gasteiger charge is -2.08. The van der Waals surface area contributed by atoms with Crippen LogP contribution in [0.15, 0.2) is 48.8 Å². The molecule has 1 aromatic heterocycles. The number of fused-ring (bicyclic) bond motifs is 1. The highest BCUT2D eigenvalue weighted by atomic mass is 35.5. The number of anilines is 2. The molecule has 0 aliphatic rings. The zero-order valence-electron chi connectivity index (χ0n) is 10.9. The van der Waals surface area contributed by atoms with Gasteiger partial charge in [0.05, 0.1) is 16.6 Å². The van der Waals surface area contributed by atoms with E-state index in [1.807, 2.05) is 0 Å². The van der Waals surface area contributed by atoms with Crippen LogP contribution in [0.3, 0.4) is 0 Å². The maximum absolute atomic E-state index is 12.2. The van der Waals surface area contributed by atoms with Gasteiger partial charge in [-0.3, -0.25) is 14.8 Å². The van der Waals surface area contributed by atoms with Crippen LogP contribution in [-0.2, 0) is 0 Å². The number of nitrogens with one attached hydrogen (secondary N) is 1. The summed E-state index contributed by atoms with van der Waals surface area (Å²) in [5, 5.41) is 3.23. The molecule has 0 saturated heterocycles. The molecule has 0 fully saturated rings. The molecule has 0 aliphatic carbocycles. The maximum Gasteiger partial charge on any atom is 0.257 e. The molecule has 0 bridgehead atoms. The number of benzene rings is 2. The van der Waals surface area contributed by atoms with Crippen molar-refractivity contribution in [2.75, 3.05) is 11.1 Å². The van der Waals surface area contributed by atoms with Crippen LogP contribution in [-0.4, -0.2) is 15.9 Å². The Labute approximate surface area is 125 Å². The number of hydrogen-bond acceptors (Lipinski definition) is 4. The Bertz CT molecular complexity index is 835. The molecule has 0 saturated carbocycles. The van der Waals surface area contributed by atoms with Crippen molar-refractivity contribution in [1.82, 2.24) is 9.97 Å². The van der Waals surface area contributed by atoms with Gasteiger partial charge in [0.15, 0.2) is 0 Å². The van der Waals surface area contributed by atoms with E-state index in [0.29, 0.717) is 27.5 Å². The fraction of sp³-hybridized carbons (Fsp3) is 0. The van der Waals surface area contributed by atoms with Crippen LogP contribution in [0.4, 0.5) is 11.4 Å². The van der Waals surface area contributed by atoms with Crippen molar-refractivity contribution in [3.8, 4) is 0 Å². The van der Waals surface area contributed by atoms with Crippen LogP contribution >= 0.6 is 11.6 Å². The Morgan fingerprint density at radius 1 is 1.05 bits per heavy atom. The Morgan fingerprint density at radius 2 is 1.81 bits per heavy atom. The number of nitrogens with two attached hydrogens (primary N) is 1. The van der Waals surface area contributed by atoms with E-state index in [0.717, 1.165) is 5.52 Å². The summed E-state index contributed by atoms with van der Waals surface area (Å²) in [6.07, 6.45) is 3.22. The number of aromatic nitrogens is 2. The van der Waals surface area contributed by atoms with Crippen molar-refractivity contribution in [1.29, 1.82) is 0 Å². The summed E-state index contributed by atoms with van der Waals surface area (Å²) in [7, 11) is 0. The lowest BCUT2D eigenvalue weighted by atomic mass is 10.1.